The van der Waals surface area contributed by atoms with E-state index in [-0.39, 0.29) is 11.9 Å². The number of hydrogen-bond donors (Lipinski definition) is 2. The molecule has 1 aliphatic heterocycles. The lowest BCUT2D eigenvalue weighted by atomic mass is 10.1. The minimum atomic E-state index is -0.0516. The lowest BCUT2D eigenvalue weighted by Crippen LogP contribution is -2.47. The van der Waals surface area contributed by atoms with Crippen LogP contribution in [-0.4, -0.2) is 25.1 Å². The Balaban J connectivity index is 1.77. The number of unbranched alkanes of at least 4 members (excludes halogenated alkanes) is 1. The lowest BCUT2D eigenvalue weighted by Gasteiger charge is -2.22. The summed E-state index contributed by atoms with van der Waals surface area (Å²) in [6.45, 7) is 4.45. The van der Waals surface area contributed by atoms with Gasteiger partial charge in [0.25, 0.3) is 0 Å². The maximum atomic E-state index is 11.6. The van der Waals surface area contributed by atoms with E-state index in [4.69, 9.17) is 4.74 Å². The quantitative estimate of drug-likeness (QED) is 0.751. The van der Waals surface area contributed by atoms with Crippen molar-refractivity contribution in [3.05, 3.63) is 29.8 Å². The van der Waals surface area contributed by atoms with Gasteiger partial charge in [-0.05, 0) is 37.0 Å². The second-order valence-corrected chi connectivity index (χ2v) is 5.21. The molecule has 1 aromatic rings. The van der Waals surface area contributed by atoms with Gasteiger partial charge in [-0.2, -0.15) is 0 Å². The van der Waals surface area contributed by atoms with Gasteiger partial charge in [0.1, 0.15) is 5.75 Å². The summed E-state index contributed by atoms with van der Waals surface area (Å²) < 4.78 is 5.63. The average molecular weight is 276 g/mol. The van der Waals surface area contributed by atoms with Crippen LogP contribution in [0.5, 0.6) is 5.75 Å². The maximum absolute atomic E-state index is 11.6. The van der Waals surface area contributed by atoms with E-state index in [2.05, 4.69) is 29.7 Å². The zero-order chi connectivity index (χ0) is 14.2. The Bertz CT molecular complexity index is 417. The first kappa shape index (κ1) is 14.9. The summed E-state index contributed by atoms with van der Waals surface area (Å²) >= 11 is 0. The van der Waals surface area contributed by atoms with E-state index < -0.39 is 0 Å². The summed E-state index contributed by atoms with van der Waals surface area (Å²) in [5, 5.41) is 6.19. The fraction of sp³-hybridized carbons (Fsp3) is 0.562. The molecule has 110 valence electrons. The van der Waals surface area contributed by atoms with Crippen LogP contribution in [-0.2, 0) is 11.3 Å². The van der Waals surface area contributed by atoms with Crippen LogP contribution in [0.25, 0.3) is 0 Å². The molecule has 4 heteroatoms. The minimum absolute atomic E-state index is 0.0516. The Morgan fingerprint density at radius 3 is 2.85 bits per heavy atom. The first-order valence-electron chi connectivity index (χ1n) is 7.52. The predicted octanol–water partition coefficient (Wildman–Crippen LogP) is 2.23. The summed E-state index contributed by atoms with van der Waals surface area (Å²) in [5.41, 5.74) is 1.17. The zero-order valence-electron chi connectivity index (χ0n) is 12.2. The van der Waals surface area contributed by atoms with Crippen LogP contribution >= 0.6 is 0 Å². The van der Waals surface area contributed by atoms with Gasteiger partial charge in [0.15, 0.2) is 0 Å². The van der Waals surface area contributed by atoms with Gasteiger partial charge < -0.3 is 15.4 Å². The molecule has 1 fully saturated rings. The number of amides is 1. The van der Waals surface area contributed by atoms with Crippen LogP contribution in [0.15, 0.2) is 24.3 Å². The third-order valence-electron chi connectivity index (χ3n) is 3.53. The standard InChI is InChI=1S/C16H24N2O2/c1-2-3-11-20-14-8-6-13(7-9-14)12-18-15-5-4-10-17-16(15)19/h6-9,15,18H,2-5,10-12H2,1H3,(H,17,19). The van der Waals surface area contributed by atoms with Crippen molar-refractivity contribution in [2.24, 2.45) is 0 Å². The molecule has 0 radical (unpaired) electrons. The third-order valence-corrected chi connectivity index (χ3v) is 3.53. The van der Waals surface area contributed by atoms with Crippen LogP contribution in [0.3, 0.4) is 0 Å². The molecule has 0 saturated carbocycles. The van der Waals surface area contributed by atoms with E-state index in [1.165, 1.54) is 5.56 Å². The molecule has 20 heavy (non-hydrogen) atoms. The van der Waals surface area contributed by atoms with Crippen molar-refractivity contribution in [2.75, 3.05) is 13.2 Å². The van der Waals surface area contributed by atoms with Crippen molar-refractivity contribution >= 4 is 5.91 Å². The van der Waals surface area contributed by atoms with E-state index in [1.807, 2.05) is 12.1 Å². The molecule has 1 unspecified atom stereocenters. The number of carbonyl (C=O) groups is 1. The highest BCUT2D eigenvalue weighted by atomic mass is 16.5. The Morgan fingerprint density at radius 2 is 2.15 bits per heavy atom. The Kier molecular flexibility index (Phi) is 5.87. The number of hydrogen-bond acceptors (Lipinski definition) is 3. The highest BCUT2D eigenvalue weighted by molar-refractivity contribution is 5.82. The van der Waals surface area contributed by atoms with Crippen molar-refractivity contribution in [1.82, 2.24) is 10.6 Å². The third kappa shape index (κ3) is 4.53. The van der Waals surface area contributed by atoms with Gasteiger partial charge in [-0.15, -0.1) is 0 Å². The lowest BCUT2D eigenvalue weighted by molar-refractivity contribution is -0.124. The zero-order valence-corrected chi connectivity index (χ0v) is 12.2. The average Bonchev–Trinajstić information content (AvgIpc) is 2.48. The topological polar surface area (TPSA) is 50.4 Å². The molecule has 2 rings (SSSR count). The van der Waals surface area contributed by atoms with Crippen LogP contribution in [0, 0.1) is 0 Å². The summed E-state index contributed by atoms with van der Waals surface area (Å²) in [6.07, 6.45) is 4.20. The van der Waals surface area contributed by atoms with Gasteiger partial charge in [0.2, 0.25) is 5.91 Å². The smallest absolute Gasteiger partial charge is 0.237 e. The highest BCUT2D eigenvalue weighted by Gasteiger charge is 2.20. The summed E-state index contributed by atoms with van der Waals surface area (Å²) in [4.78, 5) is 11.6. The van der Waals surface area contributed by atoms with E-state index in [0.717, 1.165) is 44.6 Å². The molecule has 4 nitrogen and oxygen atoms in total. The first-order chi connectivity index (χ1) is 9.79. The van der Waals surface area contributed by atoms with Crippen molar-refractivity contribution in [3.8, 4) is 5.75 Å². The van der Waals surface area contributed by atoms with E-state index >= 15 is 0 Å². The van der Waals surface area contributed by atoms with Gasteiger partial charge >= 0.3 is 0 Å². The van der Waals surface area contributed by atoms with E-state index in [1.54, 1.807) is 0 Å². The van der Waals surface area contributed by atoms with Crippen molar-refractivity contribution in [2.45, 2.75) is 45.2 Å². The monoisotopic (exact) mass is 276 g/mol. The molecule has 2 N–H and O–H groups in total. The molecule has 1 aliphatic rings. The van der Waals surface area contributed by atoms with E-state index in [9.17, 15) is 4.79 Å². The number of benzene rings is 1. The molecule has 0 aromatic heterocycles. The van der Waals surface area contributed by atoms with E-state index in [0.29, 0.717) is 6.54 Å². The van der Waals surface area contributed by atoms with Crippen molar-refractivity contribution in [1.29, 1.82) is 0 Å². The highest BCUT2D eigenvalue weighted by Crippen LogP contribution is 2.13. The Labute approximate surface area is 120 Å². The second kappa shape index (κ2) is 7.90. The Hall–Kier alpha value is -1.55. The van der Waals surface area contributed by atoms with Gasteiger partial charge in [0.05, 0.1) is 12.6 Å². The molecule has 0 bridgehead atoms. The van der Waals surface area contributed by atoms with Gasteiger partial charge in [0, 0.05) is 13.1 Å². The van der Waals surface area contributed by atoms with Crippen LogP contribution in [0.4, 0.5) is 0 Å². The van der Waals surface area contributed by atoms with Crippen molar-refractivity contribution in [3.63, 3.8) is 0 Å². The molecular formula is C16H24N2O2. The van der Waals surface area contributed by atoms with Gasteiger partial charge in [-0.3, -0.25) is 4.79 Å². The molecule has 1 aromatic carbocycles. The molecule has 0 spiro atoms. The summed E-state index contributed by atoms with van der Waals surface area (Å²) in [5.74, 6) is 1.04. The molecule has 1 saturated heterocycles. The Morgan fingerprint density at radius 1 is 1.35 bits per heavy atom. The molecular weight excluding hydrogens is 252 g/mol. The molecule has 1 amide bonds. The number of ether oxygens (including phenoxy) is 1. The number of rotatable bonds is 7. The fourth-order valence-electron chi connectivity index (χ4n) is 2.25. The molecule has 0 aliphatic carbocycles. The molecule has 1 heterocycles. The number of piperidine rings is 1. The minimum Gasteiger partial charge on any atom is -0.494 e. The first-order valence-corrected chi connectivity index (χ1v) is 7.52. The van der Waals surface area contributed by atoms with Crippen LogP contribution in [0.2, 0.25) is 0 Å². The number of nitrogens with one attached hydrogen (secondary N) is 2. The predicted molar refractivity (Wildman–Crippen MR) is 79.7 cm³/mol. The normalized spacial score (nSPS) is 18.6. The summed E-state index contributed by atoms with van der Waals surface area (Å²) in [7, 11) is 0. The maximum Gasteiger partial charge on any atom is 0.237 e. The van der Waals surface area contributed by atoms with Gasteiger partial charge in [-0.25, -0.2) is 0 Å². The van der Waals surface area contributed by atoms with Crippen LogP contribution < -0.4 is 15.4 Å². The van der Waals surface area contributed by atoms with Crippen molar-refractivity contribution < 1.29 is 9.53 Å². The fourth-order valence-corrected chi connectivity index (χ4v) is 2.25. The van der Waals surface area contributed by atoms with Gasteiger partial charge in [-0.1, -0.05) is 25.5 Å². The summed E-state index contributed by atoms with van der Waals surface area (Å²) in [6, 6.07) is 8.04. The molecule has 1 atom stereocenters. The number of carbonyl (C=O) groups excluding carboxylic acids is 1. The second-order valence-electron chi connectivity index (χ2n) is 5.21. The van der Waals surface area contributed by atoms with Crippen LogP contribution in [0.1, 0.15) is 38.2 Å². The SMILES string of the molecule is CCCCOc1ccc(CNC2CCCNC2=O)cc1. The largest absolute Gasteiger partial charge is 0.494 e.